The van der Waals surface area contributed by atoms with E-state index in [4.69, 9.17) is 23.2 Å². The van der Waals surface area contributed by atoms with Crippen LogP contribution in [-0.2, 0) is 0 Å². The average Bonchev–Trinajstić information content (AvgIpc) is 2.26. The van der Waals surface area contributed by atoms with Gasteiger partial charge in [0.25, 0.3) is 5.91 Å². The molecule has 1 aromatic carbocycles. The van der Waals surface area contributed by atoms with Crippen molar-refractivity contribution in [3.05, 3.63) is 51.3 Å². The quantitative estimate of drug-likeness (QED) is 0.861. The van der Waals surface area contributed by atoms with Crippen LogP contribution in [0.1, 0.15) is 21.6 Å². The number of carbonyl (C=O) groups is 1. The zero-order valence-corrected chi connectivity index (χ0v) is 11.9. The monoisotopic (exact) mass is 295 g/mol. The van der Waals surface area contributed by atoms with Crippen LogP contribution in [0.5, 0.6) is 0 Å². The Morgan fingerprint density at radius 1 is 1.16 bits per heavy atom. The van der Waals surface area contributed by atoms with Gasteiger partial charge in [0, 0.05) is 5.69 Å². The lowest BCUT2D eigenvalue weighted by Gasteiger charge is -2.07. The summed E-state index contributed by atoms with van der Waals surface area (Å²) in [6, 6.07) is 6.80. The molecule has 2 aromatic rings. The van der Waals surface area contributed by atoms with Gasteiger partial charge in [0.15, 0.2) is 0 Å². The fourth-order valence-corrected chi connectivity index (χ4v) is 2.12. The Hall–Kier alpha value is -1.65. The number of aromatic nitrogens is 2. The predicted octanol–water partition coefficient (Wildman–Crippen LogP) is 3.65. The summed E-state index contributed by atoms with van der Waals surface area (Å²) >= 11 is 11.8. The lowest BCUT2D eigenvalue weighted by atomic mass is 10.1. The van der Waals surface area contributed by atoms with E-state index < -0.39 is 0 Å². The smallest absolute Gasteiger partial charge is 0.259 e. The van der Waals surface area contributed by atoms with E-state index in [-0.39, 0.29) is 17.0 Å². The normalized spacial score (nSPS) is 10.3. The fourth-order valence-electron chi connectivity index (χ4n) is 1.56. The molecule has 98 valence electrons. The first-order valence-electron chi connectivity index (χ1n) is 5.54. The first-order valence-corrected chi connectivity index (χ1v) is 6.30. The Kier molecular flexibility index (Phi) is 4.02. The van der Waals surface area contributed by atoms with Gasteiger partial charge in [0.1, 0.15) is 5.15 Å². The molecule has 1 heterocycles. The van der Waals surface area contributed by atoms with Crippen LogP contribution in [0.3, 0.4) is 0 Å². The molecule has 0 spiro atoms. The molecule has 1 aromatic heterocycles. The van der Waals surface area contributed by atoms with Gasteiger partial charge < -0.3 is 0 Å². The minimum Gasteiger partial charge on any atom is -0.290 e. The molecule has 19 heavy (non-hydrogen) atoms. The van der Waals surface area contributed by atoms with Gasteiger partial charge in [0.05, 0.1) is 10.6 Å². The average molecular weight is 296 g/mol. The lowest BCUT2D eigenvalue weighted by Crippen LogP contribution is -2.15. The number of hydrogen-bond donors (Lipinski definition) is 1. The second kappa shape index (κ2) is 5.55. The van der Waals surface area contributed by atoms with E-state index in [9.17, 15) is 4.79 Å². The van der Waals surface area contributed by atoms with Crippen LogP contribution in [0.15, 0.2) is 24.3 Å². The summed E-state index contributed by atoms with van der Waals surface area (Å²) in [6.45, 7) is 3.67. The van der Waals surface area contributed by atoms with E-state index in [1.807, 2.05) is 13.0 Å². The first kappa shape index (κ1) is 13.8. The number of aryl methyl sites for hydroxylation is 2. The van der Waals surface area contributed by atoms with Crippen LogP contribution in [0.2, 0.25) is 10.2 Å². The standard InChI is InChI=1S/C13H11Cl2N3O/c1-7-3-4-9(10(14)5-7)12(19)18-13-16-8(2)6-11(15)17-13/h3-6H,1-2H3,(H,16,17,18,19). The molecule has 0 aliphatic carbocycles. The number of hydrogen-bond acceptors (Lipinski definition) is 3. The highest BCUT2D eigenvalue weighted by molar-refractivity contribution is 6.34. The van der Waals surface area contributed by atoms with E-state index in [2.05, 4.69) is 15.3 Å². The van der Waals surface area contributed by atoms with Gasteiger partial charge in [-0.25, -0.2) is 9.97 Å². The van der Waals surface area contributed by atoms with Gasteiger partial charge in [-0.3, -0.25) is 10.1 Å². The highest BCUT2D eigenvalue weighted by Gasteiger charge is 2.12. The van der Waals surface area contributed by atoms with Crippen LogP contribution in [0, 0.1) is 13.8 Å². The van der Waals surface area contributed by atoms with Crippen LogP contribution in [0.4, 0.5) is 5.95 Å². The number of halogens is 2. The summed E-state index contributed by atoms with van der Waals surface area (Å²) in [5.74, 6) is -0.210. The van der Waals surface area contributed by atoms with Gasteiger partial charge in [-0.15, -0.1) is 0 Å². The van der Waals surface area contributed by atoms with Crippen molar-refractivity contribution in [3.8, 4) is 0 Å². The molecule has 1 N–H and O–H groups in total. The van der Waals surface area contributed by atoms with E-state index in [0.29, 0.717) is 16.3 Å². The van der Waals surface area contributed by atoms with E-state index in [0.717, 1.165) is 5.56 Å². The maximum atomic E-state index is 12.1. The minimum atomic E-state index is -0.369. The van der Waals surface area contributed by atoms with Crippen molar-refractivity contribution < 1.29 is 4.79 Å². The largest absolute Gasteiger partial charge is 0.290 e. The van der Waals surface area contributed by atoms with E-state index >= 15 is 0 Å². The predicted molar refractivity (Wildman–Crippen MR) is 75.9 cm³/mol. The molecule has 4 nitrogen and oxygen atoms in total. The Bertz CT molecular complexity index is 624. The Balaban J connectivity index is 2.25. The zero-order chi connectivity index (χ0) is 14.0. The molecular formula is C13H11Cl2N3O. The molecule has 0 aliphatic heterocycles. The summed E-state index contributed by atoms with van der Waals surface area (Å²) in [6.07, 6.45) is 0. The number of benzene rings is 1. The number of nitrogens with zero attached hydrogens (tertiary/aromatic N) is 2. The second-order valence-corrected chi connectivity index (χ2v) is 4.89. The molecule has 0 unspecified atom stereocenters. The van der Waals surface area contributed by atoms with Crippen molar-refractivity contribution in [2.75, 3.05) is 5.32 Å². The Morgan fingerprint density at radius 2 is 1.89 bits per heavy atom. The summed E-state index contributed by atoms with van der Waals surface area (Å²) in [4.78, 5) is 20.1. The third-order valence-electron chi connectivity index (χ3n) is 2.42. The molecule has 0 radical (unpaired) electrons. The maximum Gasteiger partial charge on any atom is 0.259 e. The molecule has 0 saturated heterocycles. The Morgan fingerprint density at radius 3 is 2.53 bits per heavy atom. The van der Waals surface area contributed by atoms with Gasteiger partial charge in [-0.1, -0.05) is 29.3 Å². The molecule has 0 saturated carbocycles. The molecule has 0 fully saturated rings. The van der Waals surface area contributed by atoms with Crippen molar-refractivity contribution in [1.29, 1.82) is 0 Å². The zero-order valence-electron chi connectivity index (χ0n) is 10.4. The maximum absolute atomic E-state index is 12.1. The Labute approximate surface area is 120 Å². The van der Waals surface area contributed by atoms with E-state index in [1.54, 1.807) is 25.1 Å². The number of carbonyl (C=O) groups excluding carboxylic acids is 1. The van der Waals surface area contributed by atoms with Crippen molar-refractivity contribution in [2.45, 2.75) is 13.8 Å². The molecule has 0 aliphatic rings. The van der Waals surface area contributed by atoms with Crippen molar-refractivity contribution in [2.24, 2.45) is 0 Å². The van der Waals surface area contributed by atoms with Gasteiger partial charge >= 0.3 is 0 Å². The summed E-state index contributed by atoms with van der Waals surface area (Å²) in [7, 11) is 0. The summed E-state index contributed by atoms with van der Waals surface area (Å²) in [5, 5.41) is 3.23. The fraction of sp³-hybridized carbons (Fsp3) is 0.154. The number of nitrogens with one attached hydrogen (secondary N) is 1. The number of rotatable bonds is 2. The minimum absolute atomic E-state index is 0.159. The van der Waals surface area contributed by atoms with Crippen molar-refractivity contribution >= 4 is 35.1 Å². The van der Waals surface area contributed by atoms with Crippen LogP contribution >= 0.6 is 23.2 Å². The summed E-state index contributed by atoms with van der Waals surface area (Å²) in [5.41, 5.74) is 2.02. The third kappa shape index (κ3) is 3.43. The number of amides is 1. The SMILES string of the molecule is Cc1ccc(C(=O)Nc2nc(C)cc(Cl)n2)c(Cl)c1. The molecule has 0 atom stereocenters. The highest BCUT2D eigenvalue weighted by Crippen LogP contribution is 2.19. The lowest BCUT2D eigenvalue weighted by molar-refractivity contribution is 0.102. The molecule has 6 heteroatoms. The second-order valence-electron chi connectivity index (χ2n) is 4.09. The first-order chi connectivity index (χ1) is 8.95. The summed E-state index contributed by atoms with van der Waals surface area (Å²) < 4.78 is 0. The molecule has 0 bridgehead atoms. The van der Waals surface area contributed by atoms with Crippen molar-refractivity contribution in [1.82, 2.24) is 9.97 Å². The van der Waals surface area contributed by atoms with E-state index in [1.165, 1.54) is 0 Å². The van der Waals surface area contributed by atoms with Gasteiger partial charge in [0.2, 0.25) is 5.95 Å². The van der Waals surface area contributed by atoms with Crippen molar-refractivity contribution in [3.63, 3.8) is 0 Å². The van der Waals surface area contributed by atoms with Gasteiger partial charge in [-0.05, 0) is 37.6 Å². The highest BCUT2D eigenvalue weighted by atomic mass is 35.5. The van der Waals surface area contributed by atoms with Crippen LogP contribution in [-0.4, -0.2) is 15.9 Å². The van der Waals surface area contributed by atoms with Crippen LogP contribution < -0.4 is 5.32 Å². The number of anilines is 1. The molecule has 1 amide bonds. The molecule has 2 rings (SSSR count). The van der Waals surface area contributed by atoms with Crippen LogP contribution in [0.25, 0.3) is 0 Å². The topological polar surface area (TPSA) is 54.9 Å². The van der Waals surface area contributed by atoms with Gasteiger partial charge in [-0.2, -0.15) is 0 Å². The third-order valence-corrected chi connectivity index (χ3v) is 2.92. The molecular weight excluding hydrogens is 285 g/mol.